The number of likely N-dealkylation sites (tertiary alicyclic amines) is 1. The molecule has 0 atom stereocenters. The van der Waals surface area contributed by atoms with E-state index in [1.807, 2.05) is 24.0 Å². The van der Waals surface area contributed by atoms with Crippen LogP contribution in [-0.4, -0.2) is 40.9 Å². The second kappa shape index (κ2) is 7.07. The van der Waals surface area contributed by atoms with Crippen molar-refractivity contribution < 1.29 is 9.59 Å². The molecule has 0 spiro atoms. The first-order chi connectivity index (χ1) is 11.5. The summed E-state index contributed by atoms with van der Waals surface area (Å²) in [6.07, 6.45) is 1.91. The third-order valence-corrected chi connectivity index (χ3v) is 4.92. The second-order valence-corrected chi connectivity index (χ2v) is 6.69. The smallest absolute Gasteiger partial charge is 0.242 e. The van der Waals surface area contributed by atoms with Gasteiger partial charge in [0.15, 0.2) is 0 Å². The van der Waals surface area contributed by atoms with Gasteiger partial charge in [0.05, 0.1) is 0 Å². The van der Waals surface area contributed by atoms with Gasteiger partial charge in [-0.25, -0.2) is 0 Å². The predicted octanol–water partition coefficient (Wildman–Crippen LogP) is 2.32. The zero-order valence-electron chi connectivity index (χ0n) is 14.4. The minimum Gasteiger partial charge on any atom is -0.356 e. The highest BCUT2D eigenvalue weighted by Crippen LogP contribution is 2.21. The number of hydrogen-bond donors (Lipinski definition) is 1. The number of para-hydroxylation sites is 1. The van der Waals surface area contributed by atoms with Crippen molar-refractivity contribution in [1.29, 1.82) is 0 Å². The highest BCUT2D eigenvalue weighted by atomic mass is 16.2. The molecule has 0 aliphatic carbocycles. The zero-order valence-corrected chi connectivity index (χ0v) is 14.4. The SMILES string of the molecule is CC(=O)NCC1CCN(C(=O)Cn2c(C)cc3ccccc32)CC1. The molecule has 1 aromatic carbocycles. The van der Waals surface area contributed by atoms with Crippen molar-refractivity contribution >= 4 is 22.7 Å². The number of benzene rings is 1. The normalized spacial score (nSPS) is 15.7. The van der Waals surface area contributed by atoms with Gasteiger partial charge in [-0.1, -0.05) is 18.2 Å². The zero-order chi connectivity index (χ0) is 17.1. The third-order valence-electron chi connectivity index (χ3n) is 4.92. The number of carbonyl (C=O) groups excluding carboxylic acids is 2. The van der Waals surface area contributed by atoms with Crippen molar-refractivity contribution in [2.24, 2.45) is 5.92 Å². The maximum atomic E-state index is 12.7. The number of aryl methyl sites for hydroxylation is 1. The Bertz CT molecular complexity index is 742. The van der Waals surface area contributed by atoms with Crippen LogP contribution >= 0.6 is 0 Å². The number of nitrogens with one attached hydrogen (secondary N) is 1. The lowest BCUT2D eigenvalue weighted by molar-refractivity contribution is -0.133. The van der Waals surface area contributed by atoms with E-state index < -0.39 is 0 Å². The third kappa shape index (κ3) is 3.61. The lowest BCUT2D eigenvalue weighted by Crippen LogP contribution is -2.42. The van der Waals surface area contributed by atoms with Crippen LogP contribution in [0, 0.1) is 12.8 Å². The molecule has 24 heavy (non-hydrogen) atoms. The summed E-state index contributed by atoms with van der Waals surface area (Å²) in [6, 6.07) is 10.3. The average Bonchev–Trinajstić information content (AvgIpc) is 2.89. The summed E-state index contributed by atoms with van der Waals surface area (Å²) in [7, 11) is 0. The van der Waals surface area contributed by atoms with Crippen LogP contribution in [0.25, 0.3) is 10.9 Å². The number of aromatic nitrogens is 1. The molecule has 1 aliphatic rings. The summed E-state index contributed by atoms with van der Waals surface area (Å²) < 4.78 is 2.10. The van der Waals surface area contributed by atoms with E-state index in [1.165, 1.54) is 5.39 Å². The molecule has 0 saturated carbocycles. The van der Waals surface area contributed by atoms with E-state index in [2.05, 4.69) is 28.1 Å². The minimum atomic E-state index is 0.0171. The van der Waals surface area contributed by atoms with Gasteiger partial charge in [0.1, 0.15) is 6.54 Å². The van der Waals surface area contributed by atoms with Crippen LogP contribution in [0.4, 0.5) is 0 Å². The topological polar surface area (TPSA) is 54.3 Å². The summed E-state index contributed by atoms with van der Waals surface area (Å²) in [5.74, 6) is 0.674. The molecule has 0 bridgehead atoms. The number of piperidine rings is 1. The van der Waals surface area contributed by atoms with Crippen LogP contribution in [0.3, 0.4) is 0 Å². The number of hydrogen-bond acceptors (Lipinski definition) is 2. The van der Waals surface area contributed by atoms with E-state index in [9.17, 15) is 9.59 Å². The van der Waals surface area contributed by atoms with Crippen molar-refractivity contribution in [2.45, 2.75) is 33.2 Å². The van der Waals surface area contributed by atoms with Crippen LogP contribution < -0.4 is 5.32 Å². The molecule has 3 rings (SSSR count). The van der Waals surface area contributed by atoms with Crippen molar-refractivity contribution in [3.05, 3.63) is 36.0 Å². The Kier molecular flexibility index (Phi) is 4.88. The van der Waals surface area contributed by atoms with Crippen molar-refractivity contribution in [3.8, 4) is 0 Å². The van der Waals surface area contributed by atoms with Gasteiger partial charge in [0, 0.05) is 37.8 Å². The number of rotatable bonds is 4. The fraction of sp³-hybridized carbons (Fsp3) is 0.474. The largest absolute Gasteiger partial charge is 0.356 e. The maximum Gasteiger partial charge on any atom is 0.242 e. The van der Waals surface area contributed by atoms with Crippen molar-refractivity contribution in [3.63, 3.8) is 0 Å². The molecule has 1 aliphatic heterocycles. The first-order valence-corrected chi connectivity index (χ1v) is 8.61. The van der Waals surface area contributed by atoms with Gasteiger partial charge >= 0.3 is 0 Å². The molecular formula is C19H25N3O2. The summed E-state index contributed by atoms with van der Waals surface area (Å²) >= 11 is 0. The molecule has 0 unspecified atom stereocenters. The summed E-state index contributed by atoms with van der Waals surface area (Å²) in [5.41, 5.74) is 2.23. The molecule has 1 N–H and O–H groups in total. The predicted molar refractivity (Wildman–Crippen MR) is 94.7 cm³/mol. The van der Waals surface area contributed by atoms with Gasteiger partial charge in [-0.3, -0.25) is 9.59 Å². The van der Waals surface area contributed by atoms with Gasteiger partial charge in [0.25, 0.3) is 0 Å². The van der Waals surface area contributed by atoms with Gasteiger partial charge in [-0.2, -0.15) is 0 Å². The first kappa shape index (κ1) is 16.6. The maximum absolute atomic E-state index is 12.7. The average molecular weight is 327 g/mol. The Morgan fingerprint density at radius 2 is 1.92 bits per heavy atom. The van der Waals surface area contributed by atoms with Gasteiger partial charge in [-0.15, -0.1) is 0 Å². The van der Waals surface area contributed by atoms with E-state index in [-0.39, 0.29) is 11.8 Å². The number of fused-ring (bicyclic) bond motifs is 1. The molecule has 5 heteroatoms. The fourth-order valence-electron chi connectivity index (χ4n) is 3.47. The molecule has 0 radical (unpaired) electrons. The molecular weight excluding hydrogens is 302 g/mol. The lowest BCUT2D eigenvalue weighted by atomic mass is 9.96. The molecule has 1 saturated heterocycles. The van der Waals surface area contributed by atoms with E-state index >= 15 is 0 Å². The Hall–Kier alpha value is -2.30. The lowest BCUT2D eigenvalue weighted by Gasteiger charge is -2.32. The van der Waals surface area contributed by atoms with Crippen LogP contribution in [0.5, 0.6) is 0 Å². The van der Waals surface area contributed by atoms with Crippen LogP contribution in [0.1, 0.15) is 25.5 Å². The summed E-state index contributed by atoms with van der Waals surface area (Å²) in [6.45, 7) is 6.27. The quantitative estimate of drug-likeness (QED) is 0.937. The molecule has 1 fully saturated rings. The standard InChI is InChI=1S/C19H25N3O2/c1-14-11-17-5-3-4-6-18(17)22(14)13-19(24)21-9-7-16(8-10-21)12-20-15(2)23/h3-6,11,16H,7-10,12-13H2,1-2H3,(H,20,23). The number of nitrogens with zero attached hydrogens (tertiary/aromatic N) is 2. The van der Waals surface area contributed by atoms with Crippen molar-refractivity contribution in [2.75, 3.05) is 19.6 Å². The second-order valence-electron chi connectivity index (χ2n) is 6.69. The minimum absolute atomic E-state index is 0.0171. The first-order valence-electron chi connectivity index (χ1n) is 8.61. The van der Waals surface area contributed by atoms with Crippen LogP contribution in [-0.2, 0) is 16.1 Å². The number of amides is 2. The fourth-order valence-corrected chi connectivity index (χ4v) is 3.47. The molecule has 128 valence electrons. The van der Waals surface area contributed by atoms with Gasteiger partial charge < -0.3 is 14.8 Å². The number of carbonyl (C=O) groups is 2. The molecule has 2 aromatic rings. The van der Waals surface area contributed by atoms with Crippen LogP contribution in [0.15, 0.2) is 30.3 Å². The monoisotopic (exact) mass is 327 g/mol. The highest BCUT2D eigenvalue weighted by Gasteiger charge is 2.23. The summed E-state index contributed by atoms with van der Waals surface area (Å²) in [4.78, 5) is 25.6. The van der Waals surface area contributed by atoms with E-state index in [0.717, 1.165) is 43.7 Å². The van der Waals surface area contributed by atoms with Crippen LogP contribution in [0.2, 0.25) is 0 Å². The Labute approximate surface area is 142 Å². The van der Waals surface area contributed by atoms with E-state index in [4.69, 9.17) is 0 Å². The molecule has 2 amide bonds. The highest BCUT2D eigenvalue weighted by molar-refractivity contribution is 5.84. The molecule has 1 aromatic heterocycles. The van der Waals surface area contributed by atoms with Gasteiger partial charge in [-0.05, 0) is 43.2 Å². The Balaban J connectivity index is 1.60. The summed E-state index contributed by atoms with van der Waals surface area (Å²) in [5, 5.41) is 4.05. The molecule has 2 heterocycles. The van der Waals surface area contributed by atoms with Crippen molar-refractivity contribution in [1.82, 2.24) is 14.8 Å². The molecule has 5 nitrogen and oxygen atoms in total. The van der Waals surface area contributed by atoms with E-state index in [0.29, 0.717) is 12.5 Å². The van der Waals surface area contributed by atoms with Gasteiger partial charge in [0.2, 0.25) is 11.8 Å². The Morgan fingerprint density at radius 3 is 2.62 bits per heavy atom. The van der Waals surface area contributed by atoms with E-state index in [1.54, 1.807) is 6.92 Å². The Morgan fingerprint density at radius 1 is 1.21 bits per heavy atom.